The van der Waals surface area contributed by atoms with Crippen LogP contribution in [-0.4, -0.2) is 29.8 Å². The van der Waals surface area contributed by atoms with Crippen molar-refractivity contribution in [3.63, 3.8) is 0 Å². The van der Waals surface area contributed by atoms with Gasteiger partial charge in [-0.3, -0.25) is 4.79 Å². The summed E-state index contributed by atoms with van der Waals surface area (Å²) in [6.07, 6.45) is 0.421. The van der Waals surface area contributed by atoms with Crippen molar-refractivity contribution in [1.82, 2.24) is 5.32 Å². The van der Waals surface area contributed by atoms with Crippen molar-refractivity contribution in [2.24, 2.45) is 0 Å². The lowest BCUT2D eigenvalue weighted by Gasteiger charge is -2.13. The fourth-order valence-electron chi connectivity index (χ4n) is 2.41. The molecule has 1 aliphatic heterocycles. The summed E-state index contributed by atoms with van der Waals surface area (Å²) in [5.41, 5.74) is 0. The van der Waals surface area contributed by atoms with E-state index in [1.54, 1.807) is 0 Å². The van der Waals surface area contributed by atoms with Crippen LogP contribution in [0.15, 0.2) is 42.5 Å². The van der Waals surface area contributed by atoms with Gasteiger partial charge < -0.3 is 15.2 Å². The molecule has 4 nitrogen and oxygen atoms in total. The lowest BCUT2D eigenvalue weighted by molar-refractivity contribution is -0.139. The van der Waals surface area contributed by atoms with E-state index in [2.05, 4.69) is 11.4 Å². The highest BCUT2D eigenvalue weighted by molar-refractivity contribution is 5.83. The lowest BCUT2D eigenvalue weighted by atomic mass is 10.1. The zero-order chi connectivity index (χ0) is 13.2. The molecule has 0 saturated carbocycles. The molecule has 0 spiro atoms. The Balaban J connectivity index is 1.73. The van der Waals surface area contributed by atoms with E-state index >= 15 is 0 Å². The van der Waals surface area contributed by atoms with Crippen molar-refractivity contribution in [2.45, 2.75) is 18.6 Å². The van der Waals surface area contributed by atoms with Gasteiger partial charge in [0.05, 0.1) is 0 Å². The Morgan fingerprint density at radius 2 is 2.00 bits per heavy atom. The minimum absolute atomic E-state index is 0.0812. The van der Waals surface area contributed by atoms with Gasteiger partial charge in [0.1, 0.15) is 17.9 Å². The molecule has 0 aromatic heterocycles. The normalized spacial score (nSPS) is 22.5. The second-order valence-electron chi connectivity index (χ2n) is 4.78. The number of benzene rings is 2. The summed E-state index contributed by atoms with van der Waals surface area (Å²) < 4.78 is 5.84. The van der Waals surface area contributed by atoms with Gasteiger partial charge >= 0.3 is 5.97 Å². The zero-order valence-electron chi connectivity index (χ0n) is 10.4. The smallest absolute Gasteiger partial charge is 0.320 e. The van der Waals surface area contributed by atoms with Crippen molar-refractivity contribution in [3.8, 4) is 5.75 Å². The highest BCUT2D eigenvalue weighted by Crippen LogP contribution is 2.23. The maximum atomic E-state index is 10.9. The van der Waals surface area contributed by atoms with Crippen molar-refractivity contribution < 1.29 is 14.6 Å². The molecule has 19 heavy (non-hydrogen) atoms. The Kier molecular flexibility index (Phi) is 3.09. The molecular formula is C15H15NO3. The number of ether oxygens (including phenoxy) is 1. The highest BCUT2D eigenvalue weighted by atomic mass is 16.5. The Bertz CT molecular complexity index is 611. The molecule has 0 radical (unpaired) electrons. The molecule has 2 aromatic carbocycles. The van der Waals surface area contributed by atoms with Crippen molar-refractivity contribution in [3.05, 3.63) is 42.5 Å². The average molecular weight is 257 g/mol. The number of hydrogen-bond donors (Lipinski definition) is 2. The highest BCUT2D eigenvalue weighted by Gasteiger charge is 2.30. The number of hydrogen-bond acceptors (Lipinski definition) is 3. The van der Waals surface area contributed by atoms with E-state index in [0.717, 1.165) is 11.1 Å². The fraction of sp³-hybridized carbons (Fsp3) is 0.267. The van der Waals surface area contributed by atoms with E-state index in [1.165, 1.54) is 5.39 Å². The molecule has 3 rings (SSSR count). The van der Waals surface area contributed by atoms with E-state index in [4.69, 9.17) is 9.84 Å². The summed E-state index contributed by atoms with van der Waals surface area (Å²) in [5.74, 6) is -0.0267. The molecule has 2 atom stereocenters. The fourth-order valence-corrected chi connectivity index (χ4v) is 2.41. The van der Waals surface area contributed by atoms with Crippen LogP contribution in [0.4, 0.5) is 0 Å². The third kappa shape index (κ3) is 2.53. The van der Waals surface area contributed by atoms with E-state index in [1.807, 2.05) is 36.4 Å². The molecule has 1 aliphatic rings. The summed E-state index contributed by atoms with van der Waals surface area (Å²) in [6, 6.07) is 13.5. The summed E-state index contributed by atoms with van der Waals surface area (Å²) in [4.78, 5) is 10.9. The van der Waals surface area contributed by atoms with Crippen molar-refractivity contribution >= 4 is 16.7 Å². The van der Waals surface area contributed by atoms with Gasteiger partial charge in [-0.15, -0.1) is 0 Å². The Morgan fingerprint density at radius 1 is 1.21 bits per heavy atom. The third-order valence-corrected chi connectivity index (χ3v) is 3.41. The van der Waals surface area contributed by atoms with Gasteiger partial charge in [-0.05, 0) is 22.9 Å². The maximum Gasteiger partial charge on any atom is 0.320 e. The molecule has 0 bridgehead atoms. The molecule has 4 heteroatoms. The van der Waals surface area contributed by atoms with Crippen LogP contribution in [0.3, 0.4) is 0 Å². The standard InChI is InChI=1S/C15H15NO3/c17-15(18)14-8-13(9-16-14)19-12-6-5-10-3-1-2-4-11(10)7-12/h1-7,13-14,16H,8-9H2,(H,17,18)/t13-,14-/m0/s1. The monoisotopic (exact) mass is 257 g/mol. The van der Waals surface area contributed by atoms with Crippen LogP contribution in [0.5, 0.6) is 5.75 Å². The van der Waals surface area contributed by atoms with E-state index in [-0.39, 0.29) is 6.10 Å². The van der Waals surface area contributed by atoms with E-state index < -0.39 is 12.0 Å². The predicted octanol–water partition coefficient (Wildman–Crippen LogP) is 2.03. The second-order valence-corrected chi connectivity index (χ2v) is 4.78. The zero-order valence-corrected chi connectivity index (χ0v) is 10.4. The molecule has 2 aromatic rings. The predicted molar refractivity (Wildman–Crippen MR) is 72.4 cm³/mol. The minimum Gasteiger partial charge on any atom is -0.489 e. The van der Waals surface area contributed by atoms with E-state index in [9.17, 15) is 4.79 Å². The molecule has 98 valence electrons. The van der Waals surface area contributed by atoms with Gasteiger partial charge in [-0.1, -0.05) is 30.3 Å². The van der Waals surface area contributed by atoms with Gasteiger partial charge in [0.2, 0.25) is 0 Å². The first-order valence-corrected chi connectivity index (χ1v) is 6.34. The van der Waals surface area contributed by atoms with Crippen LogP contribution in [0.1, 0.15) is 6.42 Å². The summed E-state index contributed by atoms with van der Waals surface area (Å²) in [6.45, 7) is 0.573. The van der Waals surface area contributed by atoms with Gasteiger partial charge in [-0.25, -0.2) is 0 Å². The van der Waals surface area contributed by atoms with Gasteiger partial charge in [0.25, 0.3) is 0 Å². The van der Waals surface area contributed by atoms with Crippen LogP contribution >= 0.6 is 0 Å². The molecule has 0 aliphatic carbocycles. The van der Waals surface area contributed by atoms with Crippen molar-refractivity contribution in [2.75, 3.05) is 6.54 Å². The quantitative estimate of drug-likeness (QED) is 0.883. The first-order chi connectivity index (χ1) is 9.22. The van der Waals surface area contributed by atoms with Crippen LogP contribution in [0.25, 0.3) is 10.8 Å². The molecule has 1 fully saturated rings. The number of aliphatic carboxylic acids is 1. The second kappa shape index (κ2) is 4.90. The van der Waals surface area contributed by atoms with Crippen molar-refractivity contribution in [1.29, 1.82) is 0 Å². The number of carboxylic acid groups (broad SMARTS) is 1. The Morgan fingerprint density at radius 3 is 2.74 bits per heavy atom. The molecule has 0 amide bonds. The topological polar surface area (TPSA) is 58.6 Å². The number of nitrogens with one attached hydrogen (secondary N) is 1. The van der Waals surface area contributed by atoms with Gasteiger partial charge in [0.15, 0.2) is 0 Å². The minimum atomic E-state index is -0.815. The summed E-state index contributed by atoms with van der Waals surface area (Å²) >= 11 is 0. The SMILES string of the molecule is O=C(O)[C@@H]1C[C@H](Oc2ccc3ccccc3c2)CN1. The van der Waals surface area contributed by atoms with Gasteiger partial charge in [-0.2, -0.15) is 0 Å². The largest absolute Gasteiger partial charge is 0.489 e. The lowest BCUT2D eigenvalue weighted by Crippen LogP contribution is -2.30. The summed E-state index contributed by atoms with van der Waals surface area (Å²) in [7, 11) is 0. The molecule has 1 heterocycles. The van der Waals surface area contributed by atoms with Gasteiger partial charge in [0, 0.05) is 13.0 Å². The Hall–Kier alpha value is -2.07. The molecule has 2 N–H and O–H groups in total. The van der Waals surface area contributed by atoms with E-state index in [0.29, 0.717) is 13.0 Å². The number of carbonyl (C=O) groups is 1. The average Bonchev–Trinajstić information content (AvgIpc) is 2.87. The first-order valence-electron chi connectivity index (χ1n) is 6.34. The summed E-state index contributed by atoms with van der Waals surface area (Å²) in [5, 5.41) is 14.2. The Labute approximate surface area is 111 Å². The number of rotatable bonds is 3. The number of fused-ring (bicyclic) bond motifs is 1. The van der Waals surface area contributed by atoms with Crippen LogP contribution in [-0.2, 0) is 4.79 Å². The maximum absolute atomic E-state index is 10.9. The molecule has 1 saturated heterocycles. The first kappa shape index (κ1) is 12.0. The van der Waals surface area contributed by atoms with Crippen LogP contribution in [0.2, 0.25) is 0 Å². The van der Waals surface area contributed by atoms with Crippen LogP contribution in [0, 0.1) is 0 Å². The molecule has 0 unspecified atom stereocenters. The number of carboxylic acids is 1. The third-order valence-electron chi connectivity index (χ3n) is 3.41. The molecular weight excluding hydrogens is 242 g/mol. The van der Waals surface area contributed by atoms with Crippen LogP contribution < -0.4 is 10.1 Å².